The summed E-state index contributed by atoms with van der Waals surface area (Å²) >= 11 is 12.7. The average Bonchev–Trinajstić information content (AvgIpc) is 3.28. The van der Waals surface area contributed by atoms with E-state index in [1.54, 1.807) is 35.2 Å². The van der Waals surface area contributed by atoms with E-state index in [0.29, 0.717) is 36.8 Å². The zero-order valence-corrected chi connectivity index (χ0v) is 20.6. The van der Waals surface area contributed by atoms with E-state index in [1.807, 2.05) is 18.2 Å². The van der Waals surface area contributed by atoms with Crippen molar-refractivity contribution in [3.63, 3.8) is 0 Å². The molecule has 0 atom stereocenters. The number of para-hydroxylation sites is 1. The number of anilines is 2. The van der Waals surface area contributed by atoms with E-state index in [1.165, 1.54) is 23.1 Å². The first-order valence-electron chi connectivity index (χ1n) is 11.2. The Balaban J connectivity index is 1.43. The van der Waals surface area contributed by atoms with Crippen LogP contribution in [0.4, 0.5) is 11.4 Å². The molecule has 6 nitrogen and oxygen atoms in total. The number of benzene rings is 2. The number of amides is 3. The lowest BCUT2D eigenvalue weighted by Crippen LogP contribution is -2.40. The van der Waals surface area contributed by atoms with Crippen LogP contribution in [0.1, 0.15) is 37.7 Å². The fourth-order valence-electron chi connectivity index (χ4n) is 4.72. The van der Waals surface area contributed by atoms with E-state index in [4.69, 9.17) is 23.8 Å². The van der Waals surface area contributed by atoms with Gasteiger partial charge in [0.1, 0.15) is 10.9 Å². The smallest absolute Gasteiger partial charge is 0.267 e. The highest BCUT2D eigenvalue weighted by molar-refractivity contribution is 8.26. The Morgan fingerprint density at radius 2 is 1.74 bits per heavy atom. The second kappa shape index (κ2) is 9.52. The monoisotopic (exact) mass is 511 g/mol. The number of nitrogens with one attached hydrogen (secondary N) is 1. The summed E-state index contributed by atoms with van der Waals surface area (Å²) in [6, 6.07) is 14.1. The average molecular weight is 512 g/mol. The second-order valence-corrected chi connectivity index (χ2v) is 10.6. The van der Waals surface area contributed by atoms with E-state index in [0.717, 1.165) is 25.7 Å². The third-order valence-electron chi connectivity index (χ3n) is 6.32. The summed E-state index contributed by atoms with van der Waals surface area (Å²) in [5.74, 6) is -0.911. The predicted molar refractivity (Wildman–Crippen MR) is 140 cm³/mol. The van der Waals surface area contributed by atoms with Gasteiger partial charge in [-0.25, -0.2) is 0 Å². The van der Waals surface area contributed by atoms with Crippen LogP contribution in [0, 0.1) is 0 Å². The van der Waals surface area contributed by atoms with Gasteiger partial charge >= 0.3 is 0 Å². The predicted octanol–water partition coefficient (Wildman–Crippen LogP) is 5.23. The van der Waals surface area contributed by atoms with Crippen molar-refractivity contribution in [1.82, 2.24) is 4.90 Å². The number of thioether (sulfide) groups is 1. The SMILES string of the molecule is O=C(CN1C(=O)/C(=C2\SC(=S)N(C3CCCCC3)C2=O)c2ccccc21)Nc1ccc(Cl)cc1. The number of rotatable bonds is 4. The maximum Gasteiger partial charge on any atom is 0.267 e. The van der Waals surface area contributed by atoms with Crippen molar-refractivity contribution in [2.75, 3.05) is 16.8 Å². The molecule has 2 aromatic carbocycles. The Labute approximate surface area is 212 Å². The third kappa shape index (κ3) is 4.26. The molecule has 5 rings (SSSR count). The minimum absolute atomic E-state index is 0.0901. The molecule has 1 N–H and O–H groups in total. The molecule has 2 fully saturated rings. The Bertz CT molecular complexity index is 1220. The first-order valence-corrected chi connectivity index (χ1v) is 12.8. The Hall–Kier alpha value is -2.68. The summed E-state index contributed by atoms with van der Waals surface area (Å²) < 4.78 is 0.503. The highest BCUT2D eigenvalue weighted by Crippen LogP contribution is 2.45. The van der Waals surface area contributed by atoms with E-state index < -0.39 is 0 Å². The molecule has 0 radical (unpaired) electrons. The molecule has 34 heavy (non-hydrogen) atoms. The van der Waals surface area contributed by atoms with Crippen LogP contribution in [0.3, 0.4) is 0 Å². The Morgan fingerprint density at radius 1 is 1.03 bits per heavy atom. The quantitative estimate of drug-likeness (QED) is 0.449. The van der Waals surface area contributed by atoms with Crippen molar-refractivity contribution in [3.05, 3.63) is 64.0 Å². The van der Waals surface area contributed by atoms with Crippen molar-refractivity contribution in [2.24, 2.45) is 0 Å². The molecule has 3 aliphatic rings. The molecule has 1 aliphatic carbocycles. The van der Waals surface area contributed by atoms with Gasteiger partial charge in [0.2, 0.25) is 5.91 Å². The van der Waals surface area contributed by atoms with Crippen LogP contribution in [-0.2, 0) is 14.4 Å². The standard InChI is InChI=1S/C25H22ClN3O3S2/c26-15-10-12-16(13-11-15)27-20(30)14-28-19-9-5-4-8-18(19)21(23(28)31)22-24(32)29(25(33)34-22)17-6-2-1-3-7-17/h4-5,8-13,17H,1-3,6-7,14H2,(H,27,30)/b22-21-. The lowest BCUT2D eigenvalue weighted by atomic mass is 9.94. The number of halogens is 1. The molecule has 174 valence electrons. The number of hydrogen-bond donors (Lipinski definition) is 1. The van der Waals surface area contributed by atoms with E-state index >= 15 is 0 Å². The molecule has 2 aliphatic heterocycles. The molecule has 0 bridgehead atoms. The fourth-order valence-corrected chi connectivity index (χ4v) is 6.32. The van der Waals surface area contributed by atoms with Gasteiger partial charge in [-0.05, 0) is 43.2 Å². The lowest BCUT2D eigenvalue weighted by molar-refractivity contribution is -0.124. The highest BCUT2D eigenvalue weighted by Gasteiger charge is 2.44. The van der Waals surface area contributed by atoms with Gasteiger partial charge in [0, 0.05) is 22.3 Å². The molecular formula is C25H22ClN3O3S2. The second-order valence-electron chi connectivity index (χ2n) is 8.50. The number of hydrogen-bond acceptors (Lipinski definition) is 5. The van der Waals surface area contributed by atoms with Gasteiger partial charge in [-0.15, -0.1) is 0 Å². The fraction of sp³-hybridized carbons (Fsp3) is 0.280. The zero-order valence-electron chi connectivity index (χ0n) is 18.3. The van der Waals surface area contributed by atoms with Gasteiger partial charge in [0.25, 0.3) is 11.8 Å². The summed E-state index contributed by atoms with van der Waals surface area (Å²) in [6.07, 6.45) is 5.18. The number of thiocarbonyl (C=S) groups is 1. The molecule has 1 saturated carbocycles. The van der Waals surface area contributed by atoms with Gasteiger partial charge in [-0.3, -0.25) is 24.2 Å². The molecule has 1 saturated heterocycles. The van der Waals surface area contributed by atoms with Crippen LogP contribution >= 0.6 is 35.6 Å². The van der Waals surface area contributed by atoms with E-state index in [2.05, 4.69) is 5.32 Å². The van der Waals surface area contributed by atoms with Crippen molar-refractivity contribution in [2.45, 2.75) is 38.1 Å². The van der Waals surface area contributed by atoms with Crippen molar-refractivity contribution in [3.8, 4) is 0 Å². The molecular weight excluding hydrogens is 490 g/mol. The minimum atomic E-state index is -0.364. The van der Waals surface area contributed by atoms with Crippen molar-refractivity contribution >= 4 is 74.6 Å². The third-order valence-corrected chi connectivity index (χ3v) is 7.97. The maximum atomic E-state index is 13.6. The van der Waals surface area contributed by atoms with E-state index in [-0.39, 0.29) is 30.3 Å². The Kier molecular flexibility index (Phi) is 6.46. The van der Waals surface area contributed by atoms with Gasteiger partial charge in [-0.2, -0.15) is 0 Å². The molecule has 2 aromatic rings. The molecule has 0 spiro atoms. The molecule has 2 heterocycles. The Morgan fingerprint density at radius 3 is 2.47 bits per heavy atom. The van der Waals surface area contributed by atoms with Gasteiger partial charge in [0.15, 0.2) is 0 Å². The largest absolute Gasteiger partial charge is 0.325 e. The van der Waals surface area contributed by atoms with Crippen molar-refractivity contribution in [1.29, 1.82) is 0 Å². The first kappa shape index (κ1) is 23.1. The summed E-state index contributed by atoms with van der Waals surface area (Å²) in [7, 11) is 0. The van der Waals surface area contributed by atoms with Crippen LogP contribution in [-0.4, -0.2) is 39.5 Å². The molecule has 0 aromatic heterocycles. The van der Waals surface area contributed by atoms with Crippen molar-refractivity contribution < 1.29 is 14.4 Å². The summed E-state index contributed by atoms with van der Waals surface area (Å²) in [4.78, 5) is 43.2. The van der Waals surface area contributed by atoms with Gasteiger partial charge in [0.05, 0.1) is 16.2 Å². The maximum absolute atomic E-state index is 13.6. The number of fused-ring (bicyclic) bond motifs is 1. The summed E-state index contributed by atoms with van der Waals surface area (Å²) in [5, 5.41) is 3.36. The molecule has 0 unspecified atom stereocenters. The first-order chi connectivity index (χ1) is 16.4. The van der Waals surface area contributed by atoms with Crippen LogP contribution in [0.2, 0.25) is 5.02 Å². The topological polar surface area (TPSA) is 69.7 Å². The van der Waals surface area contributed by atoms with Crippen LogP contribution < -0.4 is 10.2 Å². The summed E-state index contributed by atoms with van der Waals surface area (Å²) in [5.41, 5.74) is 2.17. The zero-order chi connectivity index (χ0) is 23.8. The lowest BCUT2D eigenvalue weighted by Gasteiger charge is -2.29. The van der Waals surface area contributed by atoms with Gasteiger partial charge < -0.3 is 5.32 Å². The van der Waals surface area contributed by atoms with Crippen LogP contribution in [0.25, 0.3) is 5.57 Å². The highest BCUT2D eigenvalue weighted by atomic mass is 35.5. The van der Waals surface area contributed by atoms with Crippen LogP contribution in [0.15, 0.2) is 53.4 Å². The minimum Gasteiger partial charge on any atom is -0.325 e. The van der Waals surface area contributed by atoms with E-state index in [9.17, 15) is 14.4 Å². The normalized spacial score (nSPS) is 20.8. The summed E-state index contributed by atoms with van der Waals surface area (Å²) in [6.45, 7) is -0.176. The number of carbonyl (C=O) groups excluding carboxylic acids is 3. The molecule has 9 heteroatoms. The molecule has 3 amide bonds. The van der Waals surface area contributed by atoms with Crippen LogP contribution in [0.5, 0.6) is 0 Å². The number of carbonyl (C=O) groups is 3. The number of nitrogens with zero attached hydrogens (tertiary/aromatic N) is 2. The van der Waals surface area contributed by atoms with Gasteiger partial charge in [-0.1, -0.05) is 73.0 Å².